The average molecular weight is 558 g/mol. The molecule has 37 heavy (non-hydrogen) atoms. The molecule has 4 nitrogen and oxygen atoms in total. The first-order chi connectivity index (χ1) is 17.6. The van der Waals surface area contributed by atoms with Gasteiger partial charge in [-0.2, -0.15) is 0 Å². The zero-order valence-corrected chi connectivity index (χ0v) is 24.1. The van der Waals surface area contributed by atoms with Crippen molar-refractivity contribution in [2.75, 3.05) is 5.75 Å². The van der Waals surface area contributed by atoms with Crippen LogP contribution in [0.3, 0.4) is 0 Å². The third-order valence-corrected chi connectivity index (χ3v) is 7.54. The summed E-state index contributed by atoms with van der Waals surface area (Å²) in [4.78, 5) is 28.8. The van der Waals surface area contributed by atoms with E-state index >= 15 is 0 Å². The van der Waals surface area contributed by atoms with Gasteiger partial charge in [-0.05, 0) is 56.5 Å². The summed E-state index contributed by atoms with van der Waals surface area (Å²) < 4.78 is 0. The summed E-state index contributed by atoms with van der Waals surface area (Å²) in [5, 5.41) is 3.88. The lowest BCUT2D eigenvalue weighted by Crippen LogP contribution is -2.52. The van der Waals surface area contributed by atoms with Crippen molar-refractivity contribution in [2.45, 2.75) is 58.5 Å². The third kappa shape index (κ3) is 9.10. The zero-order valence-electron chi connectivity index (χ0n) is 21.8. The number of thioether (sulfide) groups is 1. The van der Waals surface area contributed by atoms with Crippen molar-refractivity contribution in [3.05, 3.63) is 105 Å². The van der Waals surface area contributed by atoms with E-state index in [9.17, 15) is 9.59 Å². The number of hydrogen-bond acceptors (Lipinski definition) is 3. The van der Waals surface area contributed by atoms with Gasteiger partial charge >= 0.3 is 0 Å². The number of aryl methyl sites for hydroxylation is 2. The van der Waals surface area contributed by atoms with Gasteiger partial charge in [-0.1, -0.05) is 88.9 Å². The van der Waals surface area contributed by atoms with Crippen LogP contribution < -0.4 is 5.32 Å². The molecular weight excluding hydrogens is 523 g/mol. The number of rotatable bonds is 11. The summed E-state index contributed by atoms with van der Waals surface area (Å²) in [6.45, 7) is 8.24. The van der Waals surface area contributed by atoms with Gasteiger partial charge in [0, 0.05) is 24.8 Å². The minimum absolute atomic E-state index is 0.0494. The van der Waals surface area contributed by atoms with Gasteiger partial charge in [-0.3, -0.25) is 9.59 Å². The molecule has 0 saturated carbocycles. The third-order valence-electron chi connectivity index (χ3n) is 5.81. The molecule has 3 rings (SSSR count). The summed E-state index contributed by atoms with van der Waals surface area (Å²) in [5.41, 5.74) is 5.40. The second kappa shape index (κ2) is 13.9. The number of amides is 2. The summed E-state index contributed by atoms with van der Waals surface area (Å²) in [7, 11) is 0. The summed E-state index contributed by atoms with van der Waals surface area (Å²) in [5.74, 6) is 0.706. The van der Waals surface area contributed by atoms with E-state index in [0.717, 1.165) is 16.9 Å². The predicted molar refractivity (Wildman–Crippen MR) is 156 cm³/mol. The average Bonchev–Trinajstić information content (AvgIpc) is 2.83. The maximum Gasteiger partial charge on any atom is 0.243 e. The summed E-state index contributed by atoms with van der Waals surface area (Å²) in [6.07, 6.45) is 0.411. The normalized spacial score (nSPS) is 11.9. The molecule has 0 aliphatic rings. The highest BCUT2D eigenvalue weighted by atomic mass is 35.5. The lowest BCUT2D eigenvalue weighted by atomic mass is 10.0. The Balaban J connectivity index is 1.87. The van der Waals surface area contributed by atoms with Crippen LogP contribution in [-0.4, -0.2) is 34.6 Å². The van der Waals surface area contributed by atoms with Crippen LogP contribution >= 0.6 is 35.0 Å². The molecule has 0 fully saturated rings. The Bertz CT molecular complexity index is 1200. The van der Waals surface area contributed by atoms with E-state index in [2.05, 4.69) is 37.4 Å². The molecular formula is C30H34Cl2N2O2S. The molecule has 196 valence electrons. The molecule has 0 spiro atoms. The molecule has 0 heterocycles. The Labute approximate surface area is 234 Å². The highest BCUT2D eigenvalue weighted by Gasteiger charge is 2.30. The first-order valence-corrected chi connectivity index (χ1v) is 14.3. The van der Waals surface area contributed by atoms with Gasteiger partial charge in [0.05, 0.1) is 15.8 Å². The standard InChI is InChI=1S/C30H34Cl2N2O2S/c1-20(2)33-30(36)28(16-23-8-6-5-7-9-23)34(17-24-10-11-26(31)27(32)15-24)29(35)19-37-18-25-13-21(3)12-22(4)14-25/h5-15,20,28H,16-19H2,1-4H3,(H,33,36)/t28-/m0/s1. The van der Waals surface area contributed by atoms with E-state index in [4.69, 9.17) is 23.2 Å². The molecule has 1 atom stereocenters. The largest absolute Gasteiger partial charge is 0.352 e. The number of carbonyl (C=O) groups excluding carboxylic acids is 2. The fraction of sp³-hybridized carbons (Fsp3) is 0.333. The maximum atomic E-state index is 13.7. The SMILES string of the molecule is Cc1cc(C)cc(CSCC(=O)N(Cc2ccc(Cl)c(Cl)c2)[C@@H](Cc2ccccc2)C(=O)NC(C)C)c1. The number of hydrogen-bond donors (Lipinski definition) is 1. The minimum atomic E-state index is -0.673. The van der Waals surface area contributed by atoms with Gasteiger partial charge in [0.1, 0.15) is 6.04 Å². The Hall–Kier alpha value is -2.47. The molecule has 0 aliphatic heterocycles. The summed E-state index contributed by atoms with van der Waals surface area (Å²) >= 11 is 14.0. The van der Waals surface area contributed by atoms with E-state index in [1.54, 1.807) is 28.8 Å². The van der Waals surface area contributed by atoms with Gasteiger partial charge < -0.3 is 10.2 Å². The van der Waals surface area contributed by atoms with Gasteiger partial charge in [0.15, 0.2) is 0 Å². The predicted octanol–water partition coefficient (Wildman–Crippen LogP) is 7.01. The van der Waals surface area contributed by atoms with Crippen LogP contribution in [0.25, 0.3) is 0 Å². The molecule has 3 aromatic carbocycles. The first kappa shape index (κ1) is 29.1. The van der Waals surface area contributed by atoms with Crippen molar-refractivity contribution >= 4 is 46.8 Å². The number of nitrogens with one attached hydrogen (secondary N) is 1. The van der Waals surface area contributed by atoms with Crippen LogP contribution in [0.1, 0.15) is 41.7 Å². The van der Waals surface area contributed by atoms with Crippen molar-refractivity contribution < 1.29 is 9.59 Å². The van der Waals surface area contributed by atoms with Crippen LogP contribution in [0.2, 0.25) is 10.0 Å². The Morgan fingerprint density at radius 1 is 0.865 bits per heavy atom. The van der Waals surface area contributed by atoms with Crippen LogP contribution in [0, 0.1) is 13.8 Å². The molecule has 3 aromatic rings. The monoisotopic (exact) mass is 556 g/mol. The van der Waals surface area contributed by atoms with Gasteiger partial charge in [0.2, 0.25) is 11.8 Å². The zero-order chi connectivity index (χ0) is 26.9. The molecule has 0 unspecified atom stereocenters. The quantitative estimate of drug-likeness (QED) is 0.276. The van der Waals surface area contributed by atoms with E-state index in [-0.39, 0.29) is 30.2 Å². The summed E-state index contributed by atoms with van der Waals surface area (Å²) in [6, 6.07) is 20.8. The fourth-order valence-corrected chi connectivity index (χ4v) is 5.43. The van der Waals surface area contributed by atoms with Crippen molar-refractivity contribution in [1.82, 2.24) is 10.2 Å². The van der Waals surface area contributed by atoms with E-state index < -0.39 is 6.04 Å². The van der Waals surface area contributed by atoms with Crippen LogP contribution in [0.15, 0.2) is 66.7 Å². The molecule has 0 bridgehead atoms. The lowest BCUT2D eigenvalue weighted by Gasteiger charge is -2.32. The van der Waals surface area contributed by atoms with Gasteiger partial charge in [-0.15, -0.1) is 11.8 Å². The molecule has 0 radical (unpaired) electrons. The van der Waals surface area contributed by atoms with Crippen molar-refractivity contribution in [3.8, 4) is 0 Å². The second-order valence-electron chi connectivity index (χ2n) is 9.63. The van der Waals surface area contributed by atoms with Crippen molar-refractivity contribution in [1.29, 1.82) is 0 Å². The van der Waals surface area contributed by atoms with Gasteiger partial charge in [0.25, 0.3) is 0 Å². The van der Waals surface area contributed by atoms with Crippen molar-refractivity contribution in [3.63, 3.8) is 0 Å². The van der Waals surface area contributed by atoms with E-state index in [1.165, 1.54) is 16.7 Å². The maximum absolute atomic E-state index is 13.7. The van der Waals surface area contributed by atoms with E-state index in [1.807, 2.05) is 50.2 Å². The first-order valence-electron chi connectivity index (χ1n) is 12.3. The van der Waals surface area contributed by atoms with Crippen molar-refractivity contribution in [2.24, 2.45) is 0 Å². The molecule has 0 aromatic heterocycles. The fourth-order valence-electron chi connectivity index (χ4n) is 4.26. The van der Waals surface area contributed by atoms with E-state index in [0.29, 0.717) is 16.5 Å². The molecule has 1 N–H and O–H groups in total. The Morgan fingerprint density at radius 3 is 2.16 bits per heavy atom. The van der Waals surface area contributed by atoms with Gasteiger partial charge in [-0.25, -0.2) is 0 Å². The van der Waals surface area contributed by atoms with Crippen LogP contribution in [0.5, 0.6) is 0 Å². The molecule has 7 heteroatoms. The molecule has 0 aliphatic carbocycles. The lowest BCUT2D eigenvalue weighted by molar-refractivity contribution is -0.139. The minimum Gasteiger partial charge on any atom is -0.352 e. The highest BCUT2D eigenvalue weighted by molar-refractivity contribution is 7.99. The number of benzene rings is 3. The Morgan fingerprint density at radius 2 is 1.54 bits per heavy atom. The Kier molecular flexibility index (Phi) is 10.9. The number of halogens is 2. The second-order valence-corrected chi connectivity index (χ2v) is 11.4. The van der Waals surface area contributed by atoms with Crippen LogP contribution in [-0.2, 0) is 28.3 Å². The van der Waals surface area contributed by atoms with Crippen LogP contribution in [0.4, 0.5) is 0 Å². The molecule has 0 saturated heterocycles. The highest BCUT2D eigenvalue weighted by Crippen LogP contribution is 2.25. The number of nitrogens with zero attached hydrogens (tertiary/aromatic N) is 1. The smallest absolute Gasteiger partial charge is 0.243 e. The number of carbonyl (C=O) groups is 2. The molecule has 2 amide bonds. The topological polar surface area (TPSA) is 49.4 Å².